The number of carbonyl (C=O) groups excluding carboxylic acids is 3. The minimum absolute atomic E-state index is 0.0660. The highest BCUT2D eigenvalue weighted by atomic mass is 79.9. The lowest BCUT2D eigenvalue weighted by Crippen LogP contribution is -2.33. The summed E-state index contributed by atoms with van der Waals surface area (Å²) >= 11 is 7.31. The number of amides is 2. The molecule has 33 heavy (non-hydrogen) atoms. The minimum atomic E-state index is -0.579. The quantitative estimate of drug-likeness (QED) is 0.143. The van der Waals surface area contributed by atoms with Crippen molar-refractivity contribution in [3.8, 4) is 11.3 Å². The molecule has 0 radical (unpaired) electrons. The van der Waals surface area contributed by atoms with Gasteiger partial charge in [0, 0.05) is 38.3 Å². The van der Waals surface area contributed by atoms with E-state index in [0.717, 1.165) is 21.1 Å². The summed E-state index contributed by atoms with van der Waals surface area (Å²) in [6, 6.07) is 14.2. The lowest BCUT2D eigenvalue weighted by Gasteiger charge is -2.11. The zero-order valence-corrected chi connectivity index (χ0v) is 20.5. The molecule has 166 valence electrons. The van der Waals surface area contributed by atoms with Crippen molar-refractivity contribution in [2.45, 2.75) is 0 Å². The third kappa shape index (κ3) is 5.00. The largest absolute Gasteiger partial charge is 0.457 e. The van der Waals surface area contributed by atoms with Gasteiger partial charge < -0.3 is 4.42 Å². The summed E-state index contributed by atoms with van der Waals surface area (Å²) in [5, 5.41) is 10.4. The van der Waals surface area contributed by atoms with Gasteiger partial charge >= 0.3 is 0 Å². The Hall–Kier alpha value is -3.02. The normalized spacial score (nSPS) is 14.8. The number of hydrogen-bond donors (Lipinski definition) is 0. The molecule has 0 N–H and O–H groups in total. The second-order valence-corrected chi connectivity index (χ2v) is 9.58. The Balaban J connectivity index is 1.51. The molecule has 0 bridgehead atoms. The van der Waals surface area contributed by atoms with Crippen molar-refractivity contribution < 1.29 is 23.7 Å². The van der Waals surface area contributed by atoms with Crippen LogP contribution in [0.4, 0.5) is 10.5 Å². The van der Waals surface area contributed by atoms with Gasteiger partial charge in [-0.25, -0.2) is 0 Å². The summed E-state index contributed by atoms with van der Waals surface area (Å²) in [7, 11) is 0. The number of rotatable bonds is 6. The Morgan fingerprint density at radius 1 is 1.09 bits per heavy atom. The maximum Gasteiger partial charge on any atom is 0.293 e. The molecule has 8 nitrogen and oxygen atoms in total. The van der Waals surface area contributed by atoms with Crippen LogP contribution < -0.4 is 0 Å². The van der Waals surface area contributed by atoms with Gasteiger partial charge in [-0.1, -0.05) is 28.1 Å². The van der Waals surface area contributed by atoms with E-state index in [4.69, 9.17) is 4.42 Å². The number of carbonyl (C=O) groups is 3. The van der Waals surface area contributed by atoms with E-state index in [0.29, 0.717) is 27.1 Å². The molecule has 0 unspecified atom stereocenters. The highest BCUT2D eigenvalue weighted by Gasteiger charge is 2.36. The first-order chi connectivity index (χ1) is 15.7. The van der Waals surface area contributed by atoms with Gasteiger partial charge in [0.1, 0.15) is 11.5 Å². The molecule has 0 atom stereocenters. The molecule has 0 spiro atoms. The fourth-order valence-electron chi connectivity index (χ4n) is 3.03. The van der Waals surface area contributed by atoms with Crippen LogP contribution in [0.1, 0.15) is 16.1 Å². The molecule has 3 aromatic rings. The fraction of sp³-hybridized carbons (Fsp3) is 0.0455. The number of nitro benzene ring substituents is 1. The fourth-order valence-corrected chi connectivity index (χ4v) is 4.67. The van der Waals surface area contributed by atoms with Gasteiger partial charge in [0.2, 0.25) is 0 Å². The molecule has 11 heteroatoms. The number of benzene rings is 2. The SMILES string of the molecule is O=C(CN1C(=O)S/C(=C/c2ccc(-c3ccc([N+](=O)[O-])cc3Br)o2)C1=O)c1ccc(Br)cc1. The van der Waals surface area contributed by atoms with E-state index < -0.39 is 16.1 Å². The molecular weight excluding hydrogens is 580 g/mol. The van der Waals surface area contributed by atoms with E-state index in [1.54, 1.807) is 42.5 Å². The van der Waals surface area contributed by atoms with E-state index in [2.05, 4.69) is 31.9 Å². The van der Waals surface area contributed by atoms with Gasteiger partial charge in [0.15, 0.2) is 5.78 Å². The van der Waals surface area contributed by atoms with Crippen LogP contribution in [-0.4, -0.2) is 33.3 Å². The Kier molecular flexibility index (Phi) is 6.63. The number of thioether (sulfide) groups is 1. The number of hydrogen-bond acceptors (Lipinski definition) is 7. The molecular formula is C22H12Br2N2O6S. The summed E-state index contributed by atoms with van der Waals surface area (Å²) in [5.41, 5.74) is 0.919. The van der Waals surface area contributed by atoms with Crippen LogP contribution in [0.3, 0.4) is 0 Å². The Bertz CT molecular complexity index is 1330. The predicted molar refractivity (Wildman–Crippen MR) is 130 cm³/mol. The molecule has 2 heterocycles. The Morgan fingerprint density at radius 3 is 2.48 bits per heavy atom. The second-order valence-electron chi connectivity index (χ2n) is 6.82. The van der Waals surface area contributed by atoms with Gasteiger partial charge in [0.25, 0.3) is 16.8 Å². The smallest absolute Gasteiger partial charge is 0.293 e. The van der Waals surface area contributed by atoms with E-state index in [1.807, 2.05) is 0 Å². The van der Waals surface area contributed by atoms with Gasteiger partial charge in [-0.3, -0.25) is 29.4 Å². The number of imide groups is 1. The van der Waals surface area contributed by atoms with E-state index in [1.165, 1.54) is 18.2 Å². The lowest BCUT2D eigenvalue weighted by atomic mass is 10.1. The Labute approximate surface area is 208 Å². The molecule has 4 rings (SSSR count). The van der Waals surface area contributed by atoms with Crippen LogP contribution in [0, 0.1) is 10.1 Å². The first-order valence-electron chi connectivity index (χ1n) is 9.31. The van der Waals surface area contributed by atoms with Crippen LogP contribution >= 0.6 is 43.6 Å². The summed E-state index contributed by atoms with van der Waals surface area (Å²) in [6.07, 6.45) is 1.43. The van der Waals surface area contributed by atoms with Crippen molar-refractivity contribution in [3.63, 3.8) is 0 Å². The number of non-ortho nitro benzene ring substituents is 1. The summed E-state index contributed by atoms with van der Waals surface area (Å²) in [4.78, 5) is 49.0. The highest BCUT2D eigenvalue weighted by Crippen LogP contribution is 2.35. The van der Waals surface area contributed by atoms with Crippen molar-refractivity contribution in [2.24, 2.45) is 0 Å². The van der Waals surface area contributed by atoms with Crippen LogP contribution in [0.5, 0.6) is 0 Å². The zero-order chi connectivity index (χ0) is 23.7. The first kappa shape index (κ1) is 23.1. The number of Topliss-reactive ketones (excluding diaryl/α,β-unsaturated/α-hetero) is 1. The molecule has 0 aliphatic carbocycles. The predicted octanol–water partition coefficient (Wildman–Crippen LogP) is 6.30. The summed E-state index contributed by atoms with van der Waals surface area (Å²) in [5.74, 6) is -0.188. The maximum absolute atomic E-state index is 12.7. The maximum atomic E-state index is 12.7. The van der Waals surface area contributed by atoms with Crippen molar-refractivity contribution in [3.05, 3.63) is 89.9 Å². The van der Waals surface area contributed by atoms with Crippen LogP contribution in [-0.2, 0) is 4.79 Å². The average Bonchev–Trinajstić information content (AvgIpc) is 3.34. The third-order valence-electron chi connectivity index (χ3n) is 4.67. The number of furan rings is 1. The second kappa shape index (κ2) is 9.46. The molecule has 1 aliphatic heterocycles. The van der Waals surface area contributed by atoms with Crippen molar-refractivity contribution in [1.82, 2.24) is 4.90 Å². The lowest BCUT2D eigenvalue weighted by molar-refractivity contribution is -0.384. The standard InChI is InChI=1S/C22H12Br2N2O6S/c23-13-3-1-12(2-4-13)18(27)11-25-21(28)20(33-22(25)29)10-15-6-8-19(32-15)16-7-5-14(26(30)31)9-17(16)24/h1-10H,11H2/b20-10+. The molecule has 1 fully saturated rings. The Morgan fingerprint density at radius 2 is 1.82 bits per heavy atom. The van der Waals surface area contributed by atoms with Crippen LogP contribution in [0.25, 0.3) is 17.4 Å². The molecule has 1 aromatic heterocycles. The van der Waals surface area contributed by atoms with Gasteiger partial charge in [0.05, 0.1) is 16.4 Å². The number of ketones is 1. The number of nitro groups is 1. The van der Waals surface area contributed by atoms with Crippen LogP contribution in [0.15, 0.2) is 72.9 Å². The van der Waals surface area contributed by atoms with Gasteiger partial charge in [-0.2, -0.15) is 0 Å². The minimum Gasteiger partial charge on any atom is -0.457 e. The van der Waals surface area contributed by atoms with Gasteiger partial charge in [-0.15, -0.1) is 0 Å². The monoisotopic (exact) mass is 590 g/mol. The van der Waals surface area contributed by atoms with E-state index in [-0.39, 0.29) is 22.9 Å². The first-order valence-corrected chi connectivity index (χ1v) is 11.7. The summed E-state index contributed by atoms with van der Waals surface area (Å²) in [6.45, 7) is -0.358. The summed E-state index contributed by atoms with van der Waals surface area (Å²) < 4.78 is 7.04. The third-order valence-corrected chi connectivity index (χ3v) is 6.76. The average molecular weight is 592 g/mol. The van der Waals surface area contributed by atoms with Crippen LogP contribution in [0.2, 0.25) is 0 Å². The van der Waals surface area contributed by atoms with Crippen molar-refractivity contribution in [2.75, 3.05) is 6.54 Å². The number of halogens is 2. The molecule has 2 amide bonds. The topological polar surface area (TPSA) is 111 Å². The number of nitrogens with zero attached hydrogens (tertiary/aromatic N) is 2. The molecule has 0 saturated carbocycles. The van der Waals surface area contributed by atoms with E-state index in [9.17, 15) is 24.5 Å². The van der Waals surface area contributed by atoms with Gasteiger partial charge in [-0.05, 0) is 58.0 Å². The molecule has 1 saturated heterocycles. The molecule has 2 aromatic carbocycles. The molecule has 1 aliphatic rings. The highest BCUT2D eigenvalue weighted by molar-refractivity contribution is 9.10. The zero-order valence-electron chi connectivity index (χ0n) is 16.5. The van der Waals surface area contributed by atoms with Crippen molar-refractivity contribution in [1.29, 1.82) is 0 Å². The van der Waals surface area contributed by atoms with Crippen molar-refractivity contribution >= 4 is 72.3 Å². The van der Waals surface area contributed by atoms with E-state index >= 15 is 0 Å².